The first-order chi connectivity index (χ1) is 7.63. The maximum atomic E-state index is 11.7. The minimum atomic E-state index is -0.456. The van der Waals surface area contributed by atoms with Crippen molar-refractivity contribution < 1.29 is 14.3 Å². The number of anilines is 1. The number of nitrogens with two attached hydrogens (primary N) is 1. The van der Waals surface area contributed by atoms with Crippen molar-refractivity contribution in [1.82, 2.24) is 0 Å². The van der Waals surface area contributed by atoms with Crippen molar-refractivity contribution in [1.29, 1.82) is 0 Å². The Hall–Kier alpha value is -1.84. The van der Waals surface area contributed by atoms with Crippen molar-refractivity contribution >= 4 is 17.4 Å². The lowest BCUT2D eigenvalue weighted by molar-refractivity contribution is -0.144. The summed E-state index contributed by atoms with van der Waals surface area (Å²) >= 11 is 0. The van der Waals surface area contributed by atoms with Crippen LogP contribution in [-0.4, -0.2) is 18.4 Å². The van der Waals surface area contributed by atoms with Crippen LogP contribution in [0.3, 0.4) is 0 Å². The minimum Gasteiger partial charge on any atom is -0.466 e. The fraction of sp³-hybridized carbons (Fsp3) is 0.333. The Labute approximate surface area is 93.4 Å². The van der Waals surface area contributed by atoms with Crippen molar-refractivity contribution in [3.63, 3.8) is 0 Å². The first-order valence-corrected chi connectivity index (χ1v) is 5.22. The normalized spacial score (nSPS) is 18.3. The topological polar surface area (TPSA) is 69.4 Å². The van der Waals surface area contributed by atoms with Crippen LogP contribution >= 0.6 is 0 Å². The lowest BCUT2D eigenvalue weighted by Crippen LogP contribution is -2.13. The molecule has 1 aromatic carbocycles. The third-order valence-corrected chi connectivity index (χ3v) is 2.71. The van der Waals surface area contributed by atoms with Crippen molar-refractivity contribution in [2.24, 2.45) is 0 Å². The molecule has 4 heteroatoms. The number of hydrogen-bond donors (Lipinski definition) is 1. The van der Waals surface area contributed by atoms with Crippen LogP contribution in [0.5, 0.6) is 0 Å². The van der Waals surface area contributed by atoms with Gasteiger partial charge in [-0.05, 0) is 24.6 Å². The molecule has 0 fully saturated rings. The highest BCUT2D eigenvalue weighted by molar-refractivity contribution is 6.06. The molecule has 0 radical (unpaired) electrons. The van der Waals surface area contributed by atoms with Crippen molar-refractivity contribution in [3.05, 3.63) is 29.3 Å². The Morgan fingerprint density at radius 1 is 1.56 bits per heavy atom. The van der Waals surface area contributed by atoms with Gasteiger partial charge in [0.1, 0.15) is 0 Å². The summed E-state index contributed by atoms with van der Waals surface area (Å²) in [7, 11) is 0. The molecule has 84 valence electrons. The predicted molar refractivity (Wildman–Crippen MR) is 59.2 cm³/mol. The first-order valence-electron chi connectivity index (χ1n) is 5.22. The van der Waals surface area contributed by atoms with Gasteiger partial charge in [0.15, 0.2) is 5.78 Å². The van der Waals surface area contributed by atoms with Gasteiger partial charge in [0.25, 0.3) is 0 Å². The number of rotatable bonds is 2. The summed E-state index contributed by atoms with van der Waals surface area (Å²) in [4.78, 5) is 23.3. The molecule has 0 saturated heterocycles. The van der Waals surface area contributed by atoms with Crippen LogP contribution in [0.2, 0.25) is 0 Å². The third-order valence-electron chi connectivity index (χ3n) is 2.71. The summed E-state index contributed by atoms with van der Waals surface area (Å²) in [5, 5.41) is 0. The van der Waals surface area contributed by atoms with Gasteiger partial charge in [0.2, 0.25) is 0 Å². The number of carbonyl (C=O) groups is 2. The van der Waals surface area contributed by atoms with Gasteiger partial charge in [0, 0.05) is 17.7 Å². The molecule has 0 heterocycles. The van der Waals surface area contributed by atoms with Gasteiger partial charge < -0.3 is 10.5 Å². The summed E-state index contributed by atoms with van der Waals surface area (Å²) in [5.41, 5.74) is 7.43. The fourth-order valence-corrected chi connectivity index (χ4v) is 1.98. The Morgan fingerprint density at radius 2 is 2.31 bits per heavy atom. The van der Waals surface area contributed by atoms with Crippen LogP contribution < -0.4 is 5.73 Å². The van der Waals surface area contributed by atoms with Crippen LogP contribution in [0.25, 0.3) is 0 Å². The van der Waals surface area contributed by atoms with Crippen LogP contribution in [0.15, 0.2) is 18.2 Å². The molecule has 0 bridgehead atoms. The van der Waals surface area contributed by atoms with E-state index in [0.717, 1.165) is 5.56 Å². The molecule has 2 N–H and O–H groups in total. The highest BCUT2D eigenvalue weighted by Gasteiger charge is 2.35. The third kappa shape index (κ3) is 1.66. The SMILES string of the molecule is CCOC(=O)[C@@H]1CC(=O)c2cc(N)ccc21. The zero-order valence-corrected chi connectivity index (χ0v) is 9.03. The number of nitrogen functional groups attached to an aromatic ring is 1. The number of benzene rings is 1. The Kier molecular flexibility index (Phi) is 2.64. The van der Waals surface area contributed by atoms with E-state index in [-0.39, 0.29) is 18.2 Å². The molecule has 0 saturated carbocycles. The molecule has 2 rings (SSSR count). The molecule has 1 aliphatic rings. The van der Waals surface area contributed by atoms with E-state index >= 15 is 0 Å². The average Bonchev–Trinajstić information content (AvgIpc) is 2.56. The van der Waals surface area contributed by atoms with Gasteiger partial charge in [-0.2, -0.15) is 0 Å². The van der Waals surface area contributed by atoms with E-state index in [4.69, 9.17) is 10.5 Å². The Balaban J connectivity index is 2.36. The molecule has 16 heavy (non-hydrogen) atoms. The van der Waals surface area contributed by atoms with E-state index in [0.29, 0.717) is 17.9 Å². The molecule has 0 aliphatic heterocycles. The molecular weight excluding hydrogens is 206 g/mol. The molecule has 1 atom stereocenters. The zero-order chi connectivity index (χ0) is 11.7. The van der Waals surface area contributed by atoms with Crippen molar-refractivity contribution in [3.8, 4) is 0 Å². The molecule has 0 unspecified atom stereocenters. The second-order valence-corrected chi connectivity index (χ2v) is 3.78. The molecule has 1 aliphatic carbocycles. The smallest absolute Gasteiger partial charge is 0.313 e. The second kappa shape index (κ2) is 3.96. The maximum absolute atomic E-state index is 11.7. The number of esters is 1. The number of carbonyl (C=O) groups excluding carboxylic acids is 2. The highest BCUT2D eigenvalue weighted by atomic mass is 16.5. The molecule has 4 nitrogen and oxygen atoms in total. The number of ether oxygens (including phenoxy) is 1. The average molecular weight is 219 g/mol. The molecule has 0 amide bonds. The van der Waals surface area contributed by atoms with Gasteiger partial charge in [-0.25, -0.2) is 0 Å². The van der Waals surface area contributed by atoms with Crippen LogP contribution in [0.4, 0.5) is 5.69 Å². The molecular formula is C12H13NO3. The quantitative estimate of drug-likeness (QED) is 0.604. The molecule has 0 spiro atoms. The van der Waals surface area contributed by atoms with Gasteiger partial charge >= 0.3 is 5.97 Å². The number of fused-ring (bicyclic) bond motifs is 1. The molecule has 1 aromatic rings. The molecule has 0 aromatic heterocycles. The van der Waals surface area contributed by atoms with E-state index in [1.54, 1.807) is 25.1 Å². The standard InChI is InChI=1S/C12H13NO3/c1-2-16-12(15)10-6-11(14)9-5-7(13)3-4-8(9)10/h3-5,10H,2,6,13H2,1H3/t10-/m1/s1. The number of Topliss-reactive ketones (excluding diaryl/α,β-unsaturated/α-hetero) is 1. The first kappa shape index (κ1) is 10.7. The maximum Gasteiger partial charge on any atom is 0.313 e. The lowest BCUT2D eigenvalue weighted by Gasteiger charge is -2.09. The fourth-order valence-electron chi connectivity index (χ4n) is 1.98. The predicted octanol–water partition coefficient (Wildman–Crippen LogP) is 1.50. The summed E-state index contributed by atoms with van der Waals surface area (Å²) in [6.07, 6.45) is 0.192. The largest absolute Gasteiger partial charge is 0.466 e. The van der Waals surface area contributed by atoms with E-state index in [9.17, 15) is 9.59 Å². The van der Waals surface area contributed by atoms with E-state index in [2.05, 4.69) is 0 Å². The summed E-state index contributed by atoms with van der Waals surface area (Å²) in [6.45, 7) is 2.08. The van der Waals surface area contributed by atoms with Gasteiger partial charge in [-0.1, -0.05) is 6.07 Å². The summed E-state index contributed by atoms with van der Waals surface area (Å²) in [6, 6.07) is 5.05. The monoisotopic (exact) mass is 219 g/mol. The van der Waals surface area contributed by atoms with Gasteiger partial charge in [-0.3, -0.25) is 9.59 Å². The lowest BCUT2D eigenvalue weighted by atomic mass is 10.0. The van der Waals surface area contributed by atoms with E-state index in [1.165, 1.54) is 0 Å². The Bertz CT molecular complexity index is 454. The van der Waals surface area contributed by atoms with E-state index in [1.807, 2.05) is 0 Å². The zero-order valence-electron chi connectivity index (χ0n) is 9.03. The van der Waals surface area contributed by atoms with Crippen molar-refractivity contribution in [2.75, 3.05) is 12.3 Å². The summed E-state index contributed by atoms with van der Waals surface area (Å²) < 4.78 is 4.94. The Morgan fingerprint density at radius 3 is 3.00 bits per heavy atom. The highest BCUT2D eigenvalue weighted by Crippen LogP contribution is 2.34. The number of hydrogen-bond acceptors (Lipinski definition) is 4. The van der Waals surface area contributed by atoms with Gasteiger partial charge in [0.05, 0.1) is 12.5 Å². The van der Waals surface area contributed by atoms with Gasteiger partial charge in [-0.15, -0.1) is 0 Å². The number of ketones is 1. The van der Waals surface area contributed by atoms with Crippen LogP contribution in [-0.2, 0) is 9.53 Å². The van der Waals surface area contributed by atoms with Crippen LogP contribution in [0, 0.1) is 0 Å². The second-order valence-electron chi connectivity index (χ2n) is 3.78. The summed E-state index contributed by atoms with van der Waals surface area (Å²) in [5.74, 6) is -0.831. The van der Waals surface area contributed by atoms with E-state index < -0.39 is 5.92 Å². The minimum absolute atomic E-state index is 0.0413. The van der Waals surface area contributed by atoms with Crippen LogP contribution in [0.1, 0.15) is 35.2 Å². The van der Waals surface area contributed by atoms with Crippen molar-refractivity contribution in [2.45, 2.75) is 19.3 Å².